The molecule has 0 N–H and O–H groups in total. The predicted molar refractivity (Wildman–Crippen MR) is 96.3 cm³/mol. The van der Waals surface area contributed by atoms with Crippen molar-refractivity contribution in [3.8, 4) is 5.69 Å². The highest BCUT2D eigenvalue weighted by atomic mass is 35.5. The van der Waals surface area contributed by atoms with Gasteiger partial charge in [-0.1, -0.05) is 53.7 Å². The van der Waals surface area contributed by atoms with E-state index in [2.05, 4.69) is 4.98 Å². The third kappa shape index (κ3) is 3.97. The van der Waals surface area contributed by atoms with Gasteiger partial charge in [-0.15, -0.1) is 0 Å². The number of hydrogen-bond acceptors (Lipinski definition) is 4. The molecule has 0 atom stereocenters. The van der Waals surface area contributed by atoms with Gasteiger partial charge in [0.25, 0.3) is 5.56 Å². The Labute approximate surface area is 152 Å². The Morgan fingerprint density at radius 3 is 2.68 bits per heavy atom. The Bertz CT molecular complexity index is 976. The first-order chi connectivity index (χ1) is 12.1. The molecule has 0 aliphatic carbocycles. The van der Waals surface area contributed by atoms with Crippen LogP contribution in [0.5, 0.6) is 0 Å². The van der Waals surface area contributed by atoms with Crippen molar-refractivity contribution in [2.24, 2.45) is 0 Å². The monoisotopic (exact) mass is 374 g/mol. The summed E-state index contributed by atoms with van der Waals surface area (Å²) in [5.74, 6) is -0.553. The van der Waals surface area contributed by atoms with Crippen molar-refractivity contribution in [2.75, 3.05) is 5.75 Å². The Morgan fingerprint density at radius 1 is 1.20 bits per heavy atom. The molecule has 1 heterocycles. The van der Waals surface area contributed by atoms with Crippen LogP contribution in [0.2, 0.25) is 5.02 Å². The summed E-state index contributed by atoms with van der Waals surface area (Å²) >= 11 is 6.84. The van der Waals surface area contributed by atoms with E-state index in [9.17, 15) is 14.0 Å². The van der Waals surface area contributed by atoms with Crippen molar-refractivity contribution < 1.29 is 9.18 Å². The summed E-state index contributed by atoms with van der Waals surface area (Å²) in [7, 11) is 0. The lowest BCUT2D eigenvalue weighted by molar-refractivity contribution is 0.102. The van der Waals surface area contributed by atoms with Crippen LogP contribution in [0.25, 0.3) is 5.69 Å². The van der Waals surface area contributed by atoms with Gasteiger partial charge in [-0.05, 0) is 18.2 Å². The summed E-state index contributed by atoms with van der Waals surface area (Å²) in [4.78, 5) is 28.7. The van der Waals surface area contributed by atoms with Gasteiger partial charge in [0, 0.05) is 18.0 Å². The van der Waals surface area contributed by atoms with Crippen molar-refractivity contribution in [3.63, 3.8) is 0 Å². The van der Waals surface area contributed by atoms with Crippen LogP contribution >= 0.6 is 23.4 Å². The van der Waals surface area contributed by atoms with Gasteiger partial charge in [0.05, 0.1) is 16.5 Å². The molecule has 0 saturated heterocycles. The molecule has 0 unspecified atom stereocenters. The van der Waals surface area contributed by atoms with Gasteiger partial charge in [0.1, 0.15) is 5.82 Å². The number of aromatic nitrogens is 2. The number of rotatable bonds is 5. The molecule has 0 amide bonds. The molecule has 2 aromatic carbocycles. The first kappa shape index (κ1) is 17.4. The van der Waals surface area contributed by atoms with Gasteiger partial charge >= 0.3 is 0 Å². The molecule has 0 aliphatic rings. The SMILES string of the molecule is O=C(CSc1nccn(-c2ccc(F)c(Cl)c2)c1=O)c1ccccc1. The van der Waals surface area contributed by atoms with E-state index in [0.29, 0.717) is 11.3 Å². The van der Waals surface area contributed by atoms with E-state index in [1.54, 1.807) is 24.3 Å². The molecule has 3 rings (SSSR count). The molecule has 0 saturated carbocycles. The molecule has 7 heteroatoms. The summed E-state index contributed by atoms with van der Waals surface area (Å²) in [5.41, 5.74) is 0.614. The molecule has 3 aromatic rings. The zero-order valence-corrected chi connectivity index (χ0v) is 14.4. The lowest BCUT2D eigenvalue weighted by atomic mass is 10.2. The van der Waals surface area contributed by atoms with E-state index >= 15 is 0 Å². The van der Waals surface area contributed by atoms with Crippen LogP contribution in [0, 0.1) is 5.82 Å². The van der Waals surface area contributed by atoms with Crippen LogP contribution in [0.3, 0.4) is 0 Å². The largest absolute Gasteiger partial charge is 0.293 e. The summed E-state index contributed by atoms with van der Waals surface area (Å²) in [6.45, 7) is 0. The number of hydrogen-bond donors (Lipinski definition) is 0. The molecule has 0 aliphatic heterocycles. The Morgan fingerprint density at radius 2 is 1.96 bits per heavy atom. The molecular formula is C18H12ClFN2O2S. The zero-order chi connectivity index (χ0) is 17.8. The second kappa shape index (κ2) is 7.63. The number of nitrogens with zero attached hydrogens (tertiary/aromatic N) is 2. The van der Waals surface area contributed by atoms with E-state index < -0.39 is 11.4 Å². The van der Waals surface area contributed by atoms with Gasteiger partial charge < -0.3 is 0 Å². The fourth-order valence-electron chi connectivity index (χ4n) is 2.17. The molecule has 0 fully saturated rings. The average molecular weight is 375 g/mol. The highest BCUT2D eigenvalue weighted by Crippen LogP contribution is 2.19. The van der Waals surface area contributed by atoms with Gasteiger partial charge in [0.2, 0.25) is 0 Å². The molecule has 4 nitrogen and oxygen atoms in total. The van der Waals surface area contributed by atoms with Gasteiger partial charge in [-0.2, -0.15) is 0 Å². The zero-order valence-electron chi connectivity index (χ0n) is 12.9. The summed E-state index contributed by atoms with van der Waals surface area (Å²) in [6, 6.07) is 12.8. The molecule has 0 bridgehead atoms. The second-order valence-corrected chi connectivity index (χ2v) is 6.46. The topological polar surface area (TPSA) is 52.0 Å². The minimum atomic E-state index is -0.560. The predicted octanol–water partition coefficient (Wildman–Crippen LogP) is 4.00. The third-order valence-electron chi connectivity index (χ3n) is 3.43. The van der Waals surface area contributed by atoms with Crippen LogP contribution in [0.1, 0.15) is 10.4 Å². The number of Topliss-reactive ketones (excluding diaryl/α,β-unsaturated/α-hetero) is 1. The first-order valence-electron chi connectivity index (χ1n) is 7.30. The number of carbonyl (C=O) groups is 1. The van der Waals surface area contributed by atoms with Crippen molar-refractivity contribution in [2.45, 2.75) is 5.03 Å². The first-order valence-corrected chi connectivity index (χ1v) is 8.67. The smallest absolute Gasteiger partial charge is 0.287 e. The lowest BCUT2D eigenvalue weighted by Crippen LogP contribution is -2.21. The maximum absolute atomic E-state index is 13.3. The van der Waals surface area contributed by atoms with E-state index in [-0.39, 0.29) is 21.6 Å². The highest BCUT2D eigenvalue weighted by molar-refractivity contribution is 7.99. The Kier molecular flexibility index (Phi) is 5.31. The van der Waals surface area contributed by atoms with Crippen molar-refractivity contribution >= 4 is 29.1 Å². The van der Waals surface area contributed by atoms with Gasteiger partial charge in [0.15, 0.2) is 10.8 Å². The standard InChI is InChI=1S/C18H12ClFN2O2S/c19-14-10-13(6-7-15(14)20)22-9-8-21-17(18(22)24)25-11-16(23)12-4-2-1-3-5-12/h1-10H,11H2. The van der Waals surface area contributed by atoms with E-state index in [0.717, 1.165) is 11.8 Å². The van der Waals surface area contributed by atoms with Crippen LogP contribution < -0.4 is 5.56 Å². The maximum atomic E-state index is 13.3. The minimum Gasteiger partial charge on any atom is -0.293 e. The van der Waals surface area contributed by atoms with E-state index in [1.807, 2.05) is 6.07 Å². The molecular weight excluding hydrogens is 363 g/mol. The molecule has 0 radical (unpaired) electrons. The van der Waals surface area contributed by atoms with E-state index in [1.165, 1.54) is 35.2 Å². The Balaban J connectivity index is 1.83. The molecule has 25 heavy (non-hydrogen) atoms. The summed E-state index contributed by atoms with van der Waals surface area (Å²) in [5, 5.41) is 0.113. The molecule has 126 valence electrons. The summed E-state index contributed by atoms with van der Waals surface area (Å²) in [6.07, 6.45) is 2.92. The average Bonchev–Trinajstić information content (AvgIpc) is 2.64. The van der Waals surface area contributed by atoms with Crippen molar-refractivity contribution in [1.82, 2.24) is 9.55 Å². The van der Waals surface area contributed by atoms with Gasteiger partial charge in [-0.3, -0.25) is 14.2 Å². The lowest BCUT2D eigenvalue weighted by Gasteiger charge is -2.08. The molecule has 1 aromatic heterocycles. The van der Waals surface area contributed by atoms with Gasteiger partial charge in [-0.25, -0.2) is 9.37 Å². The van der Waals surface area contributed by atoms with E-state index in [4.69, 9.17) is 11.6 Å². The van der Waals surface area contributed by atoms with Crippen LogP contribution in [-0.4, -0.2) is 21.1 Å². The summed E-state index contributed by atoms with van der Waals surface area (Å²) < 4.78 is 14.6. The Hall–Kier alpha value is -2.44. The van der Waals surface area contributed by atoms with Crippen LogP contribution in [-0.2, 0) is 0 Å². The quantitative estimate of drug-likeness (QED) is 0.500. The second-order valence-electron chi connectivity index (χ2n) is 5.08. The number of halogens is 2. The van der Waals surface area contributed by atoms with Crippen molar-refractivity contribution in [1.29, 1.82) is 0 Å². The normalized spacial score (nSPS) is 10.6. The molecule has 0 spiro atoms. The fraction of sp³-hybridized carbons (Fsp3) is 0.0556. The number of benzene rings is 2. The van der Waals surface area contributed by atoms with Crippen LogP contribution in [0.15, 0.2) is 70.7 Å². The van der Waals surface area contributed by atoms with Crippen LogP contribution in [0.4, 0.5) is 4.39 Å². The number of carbonyl (C=O) groups excluding carboxylic acids is 1. The highest BCUT2D eigenvalue weighted by Gasteiger charge is 2.12. The minimum absolute atomic E-state index is 0.0744. The fourth-order valence-corrected chi connectivity index (χ4v) is 3.14. The number of ketones is 1. The number of thioether (sulfide) groups is 1. The maximum Gasteiger partial charge on any atom is 0.287 e. The third-order valence-corrected chi connectivity index (χ3v) is 4.68. The van der Waals surface area contributed by atoms with Crippen molar-refractivity contribution in [3.05, 3.63) is 87.7 Å².